The molecule has 1 aromatic rings. The van der Waals surface area contributed by atoms with Crippen molar-refractivity contribution in [3.05, 3.63) is 29.6 Å². The monoisotopic (exact) mass is 221 g/mol. The molecule has 1 fully saturated rings. The summed E-state index contributed by atoms with van der Waals surface area (Å²) in [6, 6.07) is 4.90. The highest BCUT2D eigenvalue weighted by atomic mass is 19.1. The summed E-state index contributed by atoms with van der Waals surface area (Å²) in [5, 5.41) is 3.35. The first-order chi connectivity index (χ1) is 7.72. The molecule has 3 rings (SSSR count). The topological polar surface area (TPSA) is 21.3 Å². The van der Waals surface area contributed by atoms with Gasteiger partial charge in [-0.2, -0.15) is 0 Å². The van der Waals surface area contributed by atoms with E-state index in [2.05, 4.69) is 12.2 Å². The second-order valence-corrected chi connectivity index (χ2v) is 4.81. The molecular formula is C13H16FNO. The van der Waals surface area contributed by atoms with Gasteiger partial charge in [0.25, 0.3) is 0 Å². The van der Waals surface area contributed by atoms with Crippen LogP contribution in [0.5, 0.6) is 5.75 Å². The van der Waals surface area contributed by atoms with E-state index in [1.807, 2.05) is 0 Å². The summed E-state index contributed by atoms with van der Waals surface area (Å²) in [7, 11) is 0. The van der Waals surface area contributed by atoms with E-state index < -0.39 is 0 Å². The summed E-state index contributed by atoms with van der Waals surface area (Å²) in [5.41, 5.74) is 1.10. The number of rotatable bonds is 0. The fourth-order valence-corrected chi connectivity index (χ4v) is 3.07. The Morgan fingerprint density at radius 3 is 2.88 bits per heavy atom. The van der Waals surface area contributed by atoms with Crippen molar-refractivity contribution in [1.29, 1.82) is 0 Å². The molecule has 2 heterocycles. The van der Waals surface area contributed by atoms with E-state index in [0.29, 0.717) is 0 Å². The first-order valence-corrected chi connectivity index (χ1v) is 5.90. The van der Waals surface area contributed by atoms with E-state index in [1.54, 1.807) is 12.1 Å². The van der Waals surface area contributed by atoms with Crippen LogP contribution in [0, 0.1) is 5.82 Å². The Balaban J connectivity index is 2.09. The minimum atomic E-state index is -0.158. The Labute approximate surface area is 94.8 Å². The molecule has 0 bridgehead atoms. The summed E-state index contributed by atoms with van der Waals surface area (Å²) in [5.74, 6) is 0.713. The molecule has 86 valence electrons. The van der Waals surface area contributed by atoms with Crippen molar-refractivity contribution in [2.45, 2.75) is 31.3 Å². The zero-order valence-electron chi connectivity index (χ0n) is 9.42. The Morgan fingerprint density at radius 1 is 1.38 bits per heavy atom. The molecule has 2 nitrogen and oxygen atoms in total. The number of benzene rings is 1. The molecule has 0 aromatic heterocycles. The lowest BCUT2D eigenvalue weighted by molar-refractivity contribution is 0.134. The van der Waals surface area contributed by atoms with Gasteiger partial charge in [-0.1, -0.05) is 0 Å². The Morgan fingerprint density at radius 2 is 2.12 bits per heavy atom. The third kappa shape index (κ3) is 1.27. The Hall–Kier alpha value is -1.09. The van der Waals surface area contributed by atoms with Crippen LogP contribution in [0.2, 0.25) is 0 Å². The van der Waals surface area contributed by atoms with Crippen LogP contribution in [0.1, 0.15) is 25.3 Å². The number of hydrogen-bond acceptors (Lipinski definition) is 2. The van der Waals surface area contributed by atoms with E-state index in [-0.39, 0.29) is 17.3 Å². The van der Waals surface area contributed by atoms with Crippen molar-refractivity contribution >= 4 is 0 Å². The van der Waals surface area contributed by atoms with Crippen molar-refractivity contribution in [2.75, 3.05) is 13.1 Å². The van der Waals surface area contributed by atoms with Gasteiger partial charge >= 0.3 is 0 Å². The first-order valence-electron chi connectivity index (χ1n) is 5.90. The number of fused-ring (bicyclic) bond motifs is 2. The van der Waals surface area contributed by atoms with Gasteiger partial charge in [0.15, 0.2) is 0 Å². The number of nitrogens with one attached hydrogen (secondary N) is 1. The second-order valence-electron chi connectivity index (χ2n) is 4.81. The first kappa shape index (κ1) is 10.1. The lowest BCUT2D eigenvalue weighted by Crippen LogP contribution is -2.45. The van der Waals surface area contributed by atoms with Gasteiger partial charge in [-0.15, -0.1) is 0 Å². The molecule has 0 radical (unpaired) electrons. The van der Waals surface area contributed by atoms with Crippen molar-refractivity contribution in [2.24, 2.45) is 0 Å². The molecule has 2 aliphatic heterocycles. The average Bonchev–Trinajstić information content (AvgIpc) is 2.55. The van der Waals surface area contributed by atoms with Crippen LogP contribution < -0.4 is 10.1 Å². The fourth-order valence-electron chi connectivity index (χ4n) is 3.07. The van der Waals surface area contributed by atoms with Crippen LogP contribution in [0.15, 0.2) is 18.2 Å². The molecule has 1 N–H and O–H groups in total. The van der Waals surface area contributed by atoms with Crippen molar-refractivity contribution in [3.63, 3.8) is 0 Å². The maximum absolute atomic E-state index is 13.4. The van der Waals surface area contributed by atoms with E-state index in [9.17, 15) is 4.39 Å². The van der Waals surface area contributed by atoms with Gasteiger partial charge in [0.1, 0.15) is 17.7 Å². The van der Waals surface area contributed by atoms with E-state index in [0.717, 1.165) is 37.2 Å². The molecule has 1 atom stereocenters. The minimum Gasteiger partial charge on any atom is -0.489 e. The maximum atomic E-state index is 13.4. The molecule has 2 aliphatic rings. The number of hydrogen-bond donors (Lipinski definition) is 1. The van der Waals surface area contributed by atoms with Crippen molar-refractivity contribution in [3.8, 4) is 5.75 Å². The van der Waals surface area contributed by atoms with E-state index in [4.69, 9.17) is 4.74 Å². The minimum absolute atomic E-state index is 0.0304. The fraction of sp³-hybridized carbons (Fsp3) is 0.538. The highest BCUT2D eigenvalue weighted by molar-refractivity contribution is 5.45. The molecule has 1 spiro atoms. The SMILES string of the molecule is C[C@H]1Oc2ccc(F)cc2C12CCNCC2. The van der Waals surface area contributed by atoms with Gasteiger partial charge in [-0.3, -0.25) is 0 Å². The van der Waals surface area contributed by atoms with Crippen molar-refractivity contribution < 1.29 is 9.13 Å². The predicted molar refractivity (Wildman–Crippen MR) is 60.3 cm³/mol. The quantitative estimate of drug-likeness (QED) is 0.725. The summed E-state index contributed by atoms with van der Waals surface area (Å²) >= 11 is 0. The zero-order valence-corrected chi connectivity index (χ0v) is 9.42. The summed E-state index contributed by atoms with van der Waals surface area (Å²) in [4.78, 5) is 0. The van der Waals surface area contributed by atoms with Gasteiger partial charge in [0.2, 0.25) is 0 Å². The highest BCUT2D eigenvalue weighted by Gasteiger charge is 2.47. The van der Waals surface area contributed by atoms with Crippen LogP contribution >= 0.6 is 0 Å². The van der Waals surface area contributed by atoms with Crippen molar-refractivity contribution in [1.82, 2.24) is 5.32 Å². The smallest absolute Gasteiger partial charge is 0.123 e. The molecule has 1 saturated heterocycles. The van der Waals surface area contributed by atoms with Crippen LogP contribution in [0.25, 0.3) is 0 Å². The Bertz CT molecular complexity index is 412. The second kappa shape index (κ2) is 3.45. The lowest BCUT2D eigenvalue weighted by atomic mass is 9.71. The van der Waals surface area contributed by atoms with E-state index >= 15 is 0 Å². The lowest BCUT2D eigenvalue weighted by Gasteiger charge is -2.36. The normalized spacial score (nSPS) is 26.5. The molecule has 16 heavy (non-hydrogen) atoms. The van der Waals surface area contributed by atoms with Crippen LogP contribution in [0.3, 0.4) is 0 Å². The molecule has 0 saturated carbocycles. The van der Waals surface area contributed by atoms with Crippen LogP contribution in [-0.2, 0) is 5.41 Å². The molecule has 1 aromatic carbocycles. The molecule has 0 aliphatic carbocycles. The maximum Gasteiger partial charge on any atom is 0.123 e. The molecular weight excluding hydrogens is 205 g/mol. The zero-order chi connectivity index (χ0) is 11.2. The number of piperidine rings is 1. The Kier molecular flexibility index (Phi) is 2.18. The van der Waals surface area contributed by atoms with Crippen LogP contribution in [-0.4, -0.2) is 19.2 Å². The van der Waals surface area contributed by atoms with Crippen LogP contribution in [0.4, 0.5) is 4.39 Å². The molecule has 0 amide bonds. The number of ether oxygens (including phenoxy) is 1. The third-order valence-corrected chi connectivity index (χ3v) is 4.06. The summed E-state index contributed by atoms with van der Waals surface area (Å²) in [6.07, 6.45) is 2.22. The average molecular weight is 221 g/mol. The largest absolute Gasteiger partial charge is 0.489 e. The standard InChI is InChI=1S/C13H16FNO/c1-9-13(4-6-15-7-5-13)11-8-10(14)2-3-12(11)16-9/h2-3,8-9,15H,4-7H2,1H3/t9-/m1/s1. The van der Waals surface area contributed by atoms with Gasteiger partial charge in [-0.25, -0.2) is 4.39 Å². The summed E-state index contributed by atoms with van der Waals surface area (Å²) in [6.45, 7) is 4.08. The highest BCUT2D eigenvalue weighted by Crippen LogP contribution is 2.48. The third-order valence-electron chi connectivity index (χ3n) is 4.06. The van der Waals surface area contributed by atoms with Gasteiger partial charge in [0, 0.05) is 11.0 Å². The molecule has 0 unspecified atom stereocenters. The summed E-state index contributed by atoms with van der Waals surface area (Å²) < 4.78 is 19.2. The molecule has 3 heteroatoms. The predicted octanol–water partition coefficient (Wildman–Crippen LogP) is 2.23. The van der Waals surface area contributed by atoms with Gasteiger partial charge in [0.05, 0.1) is 0 Å². The van der Waals surface area contributed by atoms with E-state index in [1.165, 1.54) is 6.07 Å². The van der Waals surface area contributed by atoms with Gasteiger partial charge in [-0.05, 0) is 51.1 Å². The number of halogens is 1. The van der Waals surface area contributed by atoms with Gasteiger partial charge < -0.3 is 10.1 Å².